The molecule has 0 saturated carbocycles. The van der Waals surface area contributed by atoms with Gasteiger partial charge in [0.05, 0.1) is 30.5 Å². The largest absolute Gasteiger partial charge is 0.478 e. The van der Waals surface area contributed by atoms with Crippen LogP contribution in [0.25, 0.3) is 0 Å². The monoisotopic (exact) mass is 1080 g/mol. The van der Waals surface area contributed by atoms with E-state index < -0.39 is 105 Å². The van der Waals surface area contributed by atoms with E-state index in [2.05, 4.69) is 21.4 Å². The molecule has 28 heteroatoms. The summed E-state index contributed by atoms with van der Waals surface area (Å²) in [4.78, 5) is 25.2. The molecule has 4 unspecified atom stereocenters. The fourth-order valence-electron chi connectivity index (χ4n) is 7.86. The highest BCUT2D eigenvalue weighted by atomic mass is 28.4. The molecule has 4 atom stereocenters. The van der Waals surface area contributed by atoms with Crippen molar-refractivity contribution in [2.75, 3.05) is 11.9 Å². The van der Waals surface area contributed by atoms with Gasteiger partial charge in [0.1, 0.15) is 0 Å². The van der Waals surface area contributed by atoms with E-state index >= 15 is 30.7 Å². The molecule has 2 amide bonds. The molecule has 7 nitrogen and oxygen atoms in total. The molecule has 0 heterocycles. The van der Waals surface area contributed by atoms with Gasteiger partial charge in [-0.2, -0.15) is 57.1 Å². The first-order valence-corrected chi connectivity index (χ1v) is 36.9. The quantitative estimate of drug-likeness (QED) is 0.0374. The van der Waals surface area contributed by atoms with Crippen LogP contribution in [0.1, 0.15) is 13.3 Å². The number of benzene rings is 1. The highest BCUT2D eigenvalue weighted by molar-refractivity contribution is 7.05. The molecule has 1 aromatic carbocycles. The van der Waals surface area contributed by atoms with Crippen LogP contribution in [0.15, 0.2) is 47.8 Å². The standard InChI is InChI=1S/C38H58F15N2O5Si6/c1-27(54-22-56)19-28(2)63(7)16-15-62(6)25-66(24-61(4)5,26-64(8,9)17-18-65(10,11)30-14-12-13-29(20-30)55(3)23-57)31(33(40,41)42)21-32(39)58-36(47,48)34(43,35(44,45)46)59-37(49,50)38(51,52)60-53/h12-14,19-20,22-23,31-32H,1,15-18,21,24-26H2,2-11H3,(H,54,56)/b28-19+. The second kappa shape index (κ2) is 23.6. The lowest BCUT2D eigenvalue weighted by molar-refractivity contribution is -0.557. The van der Waals surface area contributed by atoms with Gasteiger partial charge in [-0.25, -0.2) is 4.39 Å². The van der Waals surface area contributed by atoms with Gasteiger partial charge < -0.3 is 10.2 Å². The minimum atomic E-state index is -7.47. The van der Waals surface area contributed by atoms with Gasteiger partial charge in [0, 0.05) is 50.5 Å². The average molecular weight is 1080 g/mol. The number of anilines is 1. The van der Waals surface area contributed by atoms with Gasteiger partial charge in [0.2, 0.25) is 19.2 Å². The first kappa shape index (κ1) is 61.8. The van der Waals surface area contributed by atoms with Crippen molar-refractivity contribution in [2.24, 2.45) is 0 Å². The van der Waals surface area contributed by atoms with E-state index in [1.54, 1.807) is 51.8 Å². The fourth-order valence-corrected chi connectivity index (χ4v) is 47.2. The molecule has 1 rings (SSSR count). The van der Waals surface area contributed by atoms with Gasteiger partial charge in [0.15, 0.2) is 0 Å². The fraction of sp³-hybridized carbons (Fsp3) is 0.684. The summed E-state index contributed by atoms with van der Waals surface area (Å²) in [5.41, 5.74) is -2.18. The molecule has 0 bridgehead atoms. The molecule has 0 saturated heterocycles. The number of nitrogens with one attached hydrogen (secondary N) is 1. The molecule has 0 fully saturated rings. The predicted molar refractivity (Wildman–Crippen MR) is 236 cm³/mol. The predicted octanol–water partition coefficient (Wildman–Crippen LogP) is 12.3. The normalized spacial score (nSPS) is 16.8. The van der Waals surface area contributed by atoms with Crippen LogP contribution in [0.5, 0.6) is 0 Å². The van der Waals surface area contributed by atoms with Gasteiger partial charge in [-0.15, -0.1) is 4.94 Å². The highest BCUT2D eigenvalue weighted by Gasteiger charge is 2.81. The molecule has 3 radical (unpaired) electrons. The number of hydrogen-bond acceptors (Lipinski definition) is 5. The molecule has 0 aromatic heterocycles. The van der Waals surface area contributed by atoms with E-state index in [0.717, 1.165) is 10.4 Å². The van der Waals surface area contributed by atoms with Crippen LogP contribution in [0, 0.1) is 0 Å². The number of carbonyl (C=O) groups is 2. The van der Waals surface area contributed by atoms with Crippen LogP contribution < -0.4 is 15.4 Å². The molecule has 0 aliphatic heterocycles. The average Bonchev–Trinajstić information content (AvgIpc) is 3.16. The number of alkyl halides is 14. The Morgan fingerprint density at radius 3 is 1.92 bits per heavy atom. The molecule has 1 N–H and O–H groups in total. The molecule has 379 valence electrons. The lowest BCUT2D eigenvalue weighted by atomic mass is 10.2. The maximum atomic E-state index is 15.9. The summed E-state index contributed by atoms with van der Waals surface area (Å²) >= 11 is 0. The van der Waals surface area contributed by atoms with Crippen molar-refractivity contribution in [3.63, 3.8) is 0 Å². The second-order valence-corrected chi connectivity index (χ2v) is 43.5. The summed E-state index contributed by atoms with van der Waals surface area (Å²) in [5, 5.41) is 4.20. The molecule has 66 heavy (non-hydrogen) atoms. The van der Waals surface area contributed by atoms with Crippen LogP contribution in [-0.4, -0.2) is 113 Å². The van der Waals surface area contributed by atoms with Gasteiger partial charge in [-0.05, 0) is 29.7 Å². The maximum absolute atomic E-state index is 15.9. The van der Waals surface area contributed by atoms with E-state index in [0.29, 0.717) is 48.4 Å². The lowest BCUT2D eigenvalue weighted by Crippen LogP contribution is -2.64. The van der Waals surface area contributed by atoms with Crippen molar-refractivity contribution in [3.05, 3.63) is 47.8 Å². The van der Waals surface area contributed by atoms with Gasteiger partial charge in [0.25, 0.3) is 0 Å². The number of halogens is 15. The number of carbonyl (C=O) groups excluding carboxylic acids is 2. The van der Waals surface area contributed by atoms with Crippen molar-refractivity contribution < 1.29 is 90.0 Å². The van der Waals surface area contributed by atoms with Crippen LogP contribution in [0.4, 0.5) is 71.7 Å². The summed E-state index contributed by atoms with van der Waals surface area (Å²) in [6, 6.07) is 9.09. The summed E-state index contributed by atoms with van der Waals surface area (Å²) in [6.07, 6.45) is -37.6. The summed E-state index contributed by atoms with van der Waals surface area (Å²) in [6.45, 7) is 20.3. The van der Waals surface area contributed by atoms with Crippen LogP contribution in [-0.2, 0) is 24.0 Å². The van der Waals surface area contributed by atoms with Crippen LogP contribution in [0.3, 0.4) is 0 Å². The third-order valence-corrected chi connectivity index (χ3v) is 40.5. The maximum Gasteiger partial charge on any atom is 0.478 e. The Morgan fingerprint density at radius 2 is 1.44 bits per heavy atom. The SMILES string of the molecule is C=C(/C=C(\C)[Si](C)CC[Si](C)C[Si](C[Si](C)C)(C[Si](C)(C)CC[Si](C)(C)c1cccc(N(C)C=O)c1)C(CC(F)OC(F)(F)C(F)(OC(F)(F)C(F)(F)OF)C(F)(F)F)C(F)(F)F)NC=O. The van der Waals surface area contributed by atoms with Crippen molar-refractivity contribution >= 4 is 74.3 Å². The number of amides is 2. The van der Waals surface area contributed by atoms with E-state index in [1.807, 2.05) is 44.9 Å². The summed E-state index contributed by atoms with van der Waals surface area (Å²) in [7, 11) is -12.9. The van der Waals surface area contributed by atoms with E-state index in [9.17, 15) is 44.8 Å². The van der Waals surface area contributed by atoms with Gasteiger partial charge in [-0.1, -0.05) is 123 Å². The zero-order chi connectivity index (χ0) is 51.7. The van der Waals surface area contributed by atoms with Crippen molar-refractivity contribution in [3.8, 4) is 0 Å². The molecular weight excluding hydrogens is 1020 g/mol. The Bertz CT molecular complexity index is 1790. The minimum Gasteiger partial charge on any atom is -0.329 e. The highest BCUT2D eigenvalue weighted by Crippen LogP contribution is 2.55. The molecule has 0 aliphatic carbocycles. The first-order valence-electron chi connectivity index (χ1n) is 20.3. The zero-order valence-corrected chi connectivity index (χ0v) is 44.2. The number of nitrogens with zero attached hydrogens (tertiary/aromatic N) is 1. The van der Waals surface area contributed by atoms with Crippen molar-refractivity contribution in [2.45, 2.75) is 155 Å². The third kappa shape index (κ3) is 17.0. The Labute approximate surface area is 383 Å². The minimum absolute atomic E-state index is 0.0765. The Balaban J connectivity index is 3.95. The number of hydrogen-bond donors (Lipinski definition) is 1. The number of ether oxygens (including phenoxy) is 2. The summed E-state index contributed by atoms with van der Waals surface area (Å²) in [5.74, 6) is -7.39. The lowest BCUT2D eigenvalue weighted by Gasteiger charge is -2.47. The van der Waals surface area contributed by atoms with E-state index in [4.69, 9.17) is 0 Å². The Hall–Kier alpha value is -2.23. The third-order valence-electron chi connectivity index (χ3n) is 11.3. The smallest absolute Gasteiger partial charge is 0.329 e. The van der Waals surface area contributed by atoms with E-state index in [-0.39, 0.29) is 17.0 Å². The molecule has 0 aliphatic rings. The topological polar surface area (TPSA) is 77.1 Å². The first-order chi connectivity index (χ1) is 29.7. The van der Waals surface area contributed by atoms with Crippen molar-refractivity contribution in [1.82, 2.24) is 5.32 Å². The number of rotatable bonds is 29. The number of allylic oxidation sites excluding steroid dienone is 2. The van der Waals surface area contributed by atoms with Gasteiger partial charge in [-0.3, -0.25) is 19.1 Å². The van der Waals surface area contributed by atoms with Crippen LogP contribution >= 0.6 is 0 Å². The molecular formula is C38H58F15N2O5Si6. The zero-order valence-electron chi connectivity index (χ0n) is 38.2. The Morgan fingerprint density at radius 1 is 0.864 bits per heavy atom. The van der Waals surface area contributed by atoms with E-state index in [1.165, 1.54) is 9.84 Å². The molecule has 0 spiro atoms. The summed E-state index contributed by atoms with van der Waals surface area (Å²) < 4.78 is 221. The van der Waals surface area contributed by atoms with Crippen LogP contribution in [0.2, 0.25) is 99.1 Å². The van der Waals surface area contributed by atoms with Crippen molar-refractivity contribution in [1.29, 1.82) is 0 Å². The van der Waals surface area contributed by atoms with Gasteiger partial charge >= 0.3 is 36.5 Å². The molecule has 1 aromatic rings. The second-order valence-electron chi connectivity index (χ2n) is 18.4. The Kier molecular flexibility index (Phi) is 22.1.